The van der Waals surface area contributed by atoms with Crippen LogP contribution in [0.5, 0.6) is 0 Å². The summed E-state index contributed by atoms with van der Waals surface area (Å²) in [6.45, 7) is 3.24. The maximum atomic E-state index is 13.4. The van der Waals surface area contributed by atoms with E-state index in [1.165, 1.54) is 17.9 Å². The van der Waals surface area contributed by atoms with Crippen LogP contribution < -0.4 is 16.6 Å². The summed E-state index contributed by atoms with van der Waals surface area (Å²) in [7, 11) is 1.44. The van der Waals surface area contributed by atoms with E-state index >= 15 is 0 Å². The molecular weight excluding hydrogens is 482 g/mol. The minimum absolute atomic E-state index is 0.0447. The molecule has 3 N–H and O–H groups in total. The SMILES string of the molecule is CO[C@]1(C)O[C@@](NC(c2ccccc2)(c2ccccc2)c2ccccc2)(n2cc(C)c(=O)[nH]c2=O)C[C@@H]1O. The molecule has 5 rings (SSSR count). The fourth-order valence-corrected chi connectivity index (χ4v) is 5.26. The van der Waals surface area contributed by atoms with E-state index in [0.717, 1.165) is 16.7 Å². The Morgan fingerprint density at radius 3 is 1.84 bits per heavy atom. The Bertz CT molecular complexity index is 1420. The largest absolute Gasteiger partial charge is 0.387 e. The molecular formula is C30H31N3O5. The van der Waals surface area contributed by atoms with Crippen LogP contribution in [-0.4, -0.2) is 33.7 Å². The van der Waals surface area contributed by atoms with E-state index in [9.17, 15) is 14.7 Å². The molecule has 38 heavy (non-hydrogen) atoms. The number of hydrogen-bond donors (Lipinski definition) is 3. The summed E-state index contributed by atoms with van der Waals surface area (Å²) >= 11 is 0. The Morgan fingerprint density at radius 1 is 0.947 bits per heavy atom. The number of H-pyrrole nitrogens is 1. The number of aryl methyl sites for hydroxylation is 1. The predicted molar refractivity (Wildman–Crippen MR) is 144 cm³/mol. The normalized spacial score (nSPS) is 23.4. The van der Waals surface area contributed by atoms with Crippen molar-refractivity contribution in [2.75, 3.05) is 7.11 Å². The van der Waals surface area contributed by atoms with Crippen LogP contribution in [-0.2, 0) is 20.9 Å². The Balaban J connectivity index is 1.86. The van der Waals surface area contributed by atoms with Crippen LogP contribution in [0.3, 0.4) is 0 Å². The van der Waals surface area contributed by atoms with E-state index in [1.54, 1.807) is 13.8 Å². The number of nitrogens with one attached hydrogen (secondary N) is 2. The number of aliphatic hydroxyl groups is 1. The third-order valence-electron chi connectivity index (χ3n) is 7.36. The van der Waals surface area contributed by atoms with Gasteiger partial charge in [-0.2, -0.15) is 0 Å². The molecule has 3 aromatic carbocycles. The van der Waals surface area contributed by atoms with Gasteiger partial charge in [-0.1, -0.05) is 91.0 Å². The molecule has 0 radical (unpaired) electrons. The smallest absolute Gasteiger partial charge is 0.331 e. The number of hydrogen-bond acceptors (Lipinski definition) is 6. The number of benzene rings is 3. The molecule has 4 aromatic rings. The zero-order valence-corrected chi connectivity index (χ0v) is 21.5. The van der Waals surface area contributed by atoms with Gasteiger partial charge in [0.2, 0.25) is 5.85 Å². The molecule has 1 fully saturated rings. The third kappa shape index (κ3) is 4.21. The summed E-state index contributed by atoms with van der Waals surface area (Å²) in [6, 6.07) is 29.5. The monoisotopic (exact) mass is 513 g/mol. The van der Waals surface area contributed by atoms with E-state index in [2.05, 4.69) is 10.3 Å². The highest BCUT2D eigenvalue weighted by Crippen LogP contribution is 2.46. The fraction of sp³-hybridized carbons (Fsp3) is 0.267. The summed E-state index contributed by atoms with van der Waals surface area (Å²) < 4.78 is 13.5. The van der Waals surface area contributed by atoms with Gasteiger partial charge in [0.15, 0.2) is 5.79 Å². The Labute approximate surface area is 220 Å². The zero-order valence-electron chi connectivity index (χ0n) is 21.5. The van der Waals surface area contributed by atoms with Gasteiger partial charge in [-0.05, 0) is 30.5 Å². The van der Waals surface area contributed by atoms with Crippen LogP contribution in [0.25, 0.3) is 0 Å². The van der Waals surface area contributed by atoms with Gasteiger partial charge in [0.05, 0.1) is 5.54 Å². The van der Waals surface area contributed by atoms with Crippen molar-refractivity contribution in [3.05, 3.63) is 140 Å². The summed E-state index contributed by atoms with van der Waals surface area (Å²) in [5, 5.41) is 14.9. The van der Waals surface area contributed by atoms with Gasteiger partial charge in [-0.3, -0.25) is 19.7 Å². The molecule has 1 aliphatic rings. The highest BCUT2D eigenvalue weighted by Gasteiger charge is 2.58. The second-order valence-electron chi connectivity index (χ2n) is 9.74. The van der Waals surface area contributed by atoms with Gasteiger partial charge in [-0.25, -0.2) is 4.79 Å². The van der Waals surface area contributed by atoms with Crippen molar-refractivity contribution >= 4 is 0 Å². The molecule has 1 aromatic heterocycles. The lowest BCUT2D eigenvalue weighted by Gasteiger charge is -2.45. The molecule has 0 unspecified atom stereocenters. The average molecular weight is 514 g/mol. The van der Waals surface area contributed by atoms with Gasteiger partial charge in [0.1, 0.15) is 6.10 Å². The summed E-state index contributed by atoms with van der Waals surface area (Å²) in [5.74, 6) is -3.07. The molecule has 1 aliphatic heterocycles. The Hall–Kier alpha value is -3.82. The van der Waals surface area contributed by atoms with Crippen molar-refractivity contribution < 1.29 is 14.6 Å². The first-order chi connectivity index (χ1) is 18.2. The number of aromatic amines is 1. The van der Waals surface area contributed by atoms with Gasteiger partial charge < -0.3 is 14.6 Å². The van der Waals surface area contributed by atoms with Crippen molar-refractivity contribution in [3.8, 4) is 0 Å². The summed E-state index contributed by atoms with van der Waals surface area (Å²) in [6.07, 6.45) is 0.310. The topological polar surface area (TPSA) is 106 Å². The van der Waals surface area contributed by atoms with E-state index in [0.29, 0.717) is 5.56 Å². The molecule has 2 heterocycles. The molecule has 0 aliphatic carbocycles. The quantitative estimate of drug-likeness (QED) is 0.328. The lowest BCUT2D eigenvalue weighted by molar-refractivity contribution is -0.283. The van der Waals surface area contributed by atoms with Crippen molar-refractivity contribution in [3.63, 3.8) is 0 Å². The first-order valence-electron chi connectivity index (χ1n) is 12.5. The van der Waals surface area contributed by atoms with Crippen molar-refractivity contribution in [2.24, 2.45) is 0 Å². The molecule has 0 saturated carbocycles. The van der Waals surface area contributed by atoms with E-state index in [4.69, 9.17) is 9.47 Å². The number of nitrogens with zero attached hydrogens (tertiary/aromatic N) is 1. The number of ether oxygens (including phenoxy) is 2. The van der Waals surface area contributed by atoms with E-state index < -0.39 is 34.5 Å². The fourth-order valence-electron chi connectivity index (χ4n) is 5.26. The average Bonchev–Trinajstić information content (AvgIpc) is 3.21. The van der Waals surface area contributed by atoms with Crippen molar-refractivity contribution in [2.45, 2.75) is 43.5 Å². The van der Waals surface area contributed by atoms with Crippen LogP contribution in [0.1, 0.15) is 35.6 Å². The van der Waals surface area contributed by atoms with Crippen molar-refractivity contribution in [1.29, 1.82) is 0 Å². The van der Waals surface area contributed by atoms with E-state index in [-0.39, 0.29) is 6.42 Å². The Kier molecular flexibility index (Phi) is 6.66. The Morgan fingerprint density at radius 2 is 1.42 bits per heavy atom. The maximum absolute atomic E-state index is 13.4. The number of rotatable bonds is 7. The summed E-state index contributed by atoms with van der Waals surface area (Å²) in [4.78, 5) is 28.0. The highest BCUT2D eigenvalue weighted by molar-refractivity contribution is 5.49. The lowest BCUT2D eigenvalue weighted by atomic mass is 9.76. The van der Waals surface area contributed by atoms with E-state index in [1.807, 2.05) is 91.0 Å². The first-order valence-corrected chi connectivity index (χ1v) is 12.5. The van der Waals surface area contributed by atoms with Gasteiger partial charge in [-0.15, -0.1) is 0 Å². The summed E-state index contributed by atoms with van der Waals surface area (Å²) in [5.41, 5.74) is 0.755. The highest BCUT2D eigenvalue weighted by atomic mass is 16.7. The van der Waals surface area contributed by atoms with Crippen LogP contribution in [0.15, 0.2) is 107 Å². The zero-order chi connectivity index (χ0) is 27.0. The van der Waals surface area contributed by atoms with Crippen LogP contribution in [0, 0.1) is 6.92 Å². The molecule has 1 saturated heterocycles. The lowest BCUT2D eigenvalue weighted by Crippen LogP contribution is -2.62. The van der Waals surface area contributed by atoms with Crippen LogP contribution in [0.2, 0.25) is 0 Å². The third-order valence-corrected chi connectivity index (χ3v) is 7.36. The number of aliphatic hydroxyl groups excluding tert-OH is 1. The second kappa shape index (κ2) is 9.81. The number of aromatic nitrogens is 2. The molecule has 196 valence electrons. The molecule has 0 spiro atoms. The number of methoxy groups -OCH3 is 1. The maximum Gasteiger partial charge on any atom is 0.331 e. The van der Waals surface area contributed by atoms with Crippen LogP contribution in [0.4, 0.5) is 0 Å². The molecule has 8 heteroatoms. The van der Waals surface area contributed by atoms with Gasteiger partial charge in [0.25, 0.3) is 5.56 Å². The minimum Gasteiger partial charge on any atom is -0.387 e. The molecule has 0 bridgehead atoms. The van der Waals surface area contributed by atoms with Crippen molar-refractivity contribution in [1.82, 2.24) is 14.9 Å². The first kappa shape index (κ1) is 25.8. The molecule has 8 nitrogen and oxygen atoms in total. The molecule has 3 atom stereocenters. The molecule has 0 amide bonds. The van der Waals surface area contributed by atoms with Crippen LogP contribution >= 0.6 is 0 Å². The minimum atomic E-state index is -1.63. The van der Waals surface area contributed by atoms with Gasteiger partial charge >= 0.3 is 5.69 Å². The standard InChI is InChI=1S/C30H31N3O5/c1-21-20-33(27(36)31-26(21)35)29(19-25(34)28(2,37-3)38-29)32-30(22-13-7-4-8-14-22,23-15-9-5-10-16-23)24-17-11-6-12-18-24/h4-18,20,25,32,34H,19H2,1-3H3,(H,31,35,36)/t25-,28+,29-/m0/s1. The second-order valence-corrected chi connectivity index (χ2v) is 9.74. The predicted octanol–water partition coefficient (Wildman–Crippen LogP) is 3.18. The van der Waals surface area contributed by atoms with Gasteiger partial charge in [0, 0.05) is 25.3 Å².